The highest BCUT2D eigenvalue weighted by atomic mass is 14.5. The molecule has 0 fully saturated rings. The molecule has 17 heavy (non-hydrogen) atoms. The van der Waals surface area contributed by atoms with Gasteiger partial charge in [0, 0.05) is 5.69 Å². The van der Waals surface area contributed by atoms with Crippen LogP contribution in [0.4, 0.5) is 5.69 Å². The van der Waals surface area contributed by atoms with Gasteiger partial charge in [-0.1, -0.05) is 70.2 Å². The third kappa shape index (κ3) is 5.21. The van der Waals surface area contributed by atoms with Crippen molar-refractivity contribution in [3.63, 3.8) is 0 Å². The van der Waals surface area contributed by atoms with Gasteiger partial charge in [0.05, 0.1) is 0 Å². The molecule has 1 nitrogen and oxygen atoms in total. The highest BCUT2D eigenvalue weighted by Crippen LogP contribution is 2.20. The first-order valence-electron chi connectivity index (χ1n) is 6.27. The summed E-state index contributed by atoms with van der Waals surface area (Å²) in [5.41, 5.74) is 8.87. The van der Waals surface area contributed by atoms with Gasteiger partial charge in [0.25, 0.3) is 0 Å². The van der Waals surface area contributed by atoms with E-state index in [-0.39, 0.29) is 0 Å². The van der Waals surface area contributed by atoms with Crippen molar-refractivity contribution in [1.29, 1.82) is 0 Å². The van der Waals surface area contributed by atoms with Crippen LogP contribution in [-0.2, 0) is 0 Å². The molecule has 2 aromatic rings. The van der Waals surface area contributed by atoms with E-state index in [2.05, 4.69) is 18.2 Å². The molecule has 0 radical (unpaired) electrons. The lowest BCUT2D eigenvalue weighted by atomic mass is 10.1. The van der Waals surface area contributed by atoms with Crippen LogP contribution in [0.25, 0.3) is 11.1 Å². The lowest BCUT2D eigenvalue weighted by Gasteiger charge is -2.01. The fourth-order valence-corrected chi connectivity index (χ4v) is 1.35. The Balaban J connectivity index is 0.000000581. The van der Waals surface area contributed by atoms with Gasteiger partial charge in [0.15, 0.2) is 0 Å². The smallest absolute Gasteiger partial charge is 0.0320 e. The van der Waals surface area contributed by atoms with Crippen LogP contribution in [0.5, 0.6) is 0 Å². The largest absolute Gasteiger partial charge is 0.399 e. The van der Waals surface area contributed by atoms with Gasteiger partial charge < -0.3 is 5.73 Å². The number of hydrogen-bond acceptors (Lipinski definition) is 1. The zero-order valence-corrected chi connectivity index (χ0v) is 11.3. The molecule has 0 aliphatic carbocycles. The maximum atomic E-state index is 5.70. The minimum atomic E-state index is 0.807. The molecular weight excluding hydrogens is 206 g/mol. The van der Waals surface area contributed by atoms with Gasteiger partial charge >= 0.3 is 0 Å². The number of rotatable bonds is 1. The molecule has 0 spiro atoms. The molecule has 1 heteroatoms. The standard InChI is InChI=1S/C12H11N.2C2H6/c13-12-8-4-7-11(9-12)10-5-2-1-3-6-10;2*1-2/h1-9H,13H2;2*1-2H3. The van der Waals surface area contributed by atoms with Crippen LogP contribution in [0.3, 0.4) is 0 Å². The average Bonchev–Trinajstić information content (AvgIpc) is 2.44. The van der Waals surface area contributed by atoms with E-state index >= 15 is 0 Å². The summed E-state index contributed by atoms with van der Waals surface area (Å²) in [7, 11) is 0. The quantitative estimate of drug-likeness (QED) is 0.685. The van der Waals surface area contributed by atoms with E-state index in [1.165, 1.54) is 11.1 Å². The number of nitrogen functional groups attached to an aromatic ring is 1. The van der Waals surface area contributed by atoms with Crippen LogP contribution < -0.4 is 5.73 Å². The predicted molar refractivity (Wildman–Crippen MR) is 79.0 cm³/mol. The second-order valence-corrected chi connectivity index (χ2v) is 2.99. The summed E-state index contributed by atoms with van der Waals surface area (Å²) < 4.78 is 0. The fraction of sp³-hybridized carbons (Fsp3) is 0.250. The Morgan fingerprint density at radius 3 is 1.71 bits per heavy atom. The lowest BCUT2D eigenvalue weighted by molar-refractivity contribution is 1.50. The normalized spacial score (nSPS) is 8.24. The van der Waals surface area contributed by atoms with Gasteiger partial charge in [0.2, 0.25) is 0 Å². The molecule has 0 bridgehead atoms. The molecule has 2 aromatic carbocycles. The van der Waals surface area contributed by atoms with Gasteiger partial charge in [-0.2, -0.15) is 0 Å². The summed E-state index contributed by atoms with van der Waals surface area (Å²) in [6.07, 6.45) is 0. The van der Waals surface area contributed by atoms with Crippen molar-refractivity contribution in [2.75, 3.05) is 5.73 Å². The van der Waals surface area contributed by atoms with Crippen molar-refractivity contribution in [3.05, 3.63) is 54.6 Å². The molecular formula is C16H23N. The minimum absolute atomic E-state index is 0.807. The van der Waals surface area contributed by atoms with E-state index in [1.54, 1.807) is 0 Å². The number of anilines is 1. The Hall–Kier alpha value is -1.76. The maximum Gasteiger partial charge on any atom is 0.0320 e. The van der Waals surface area contributed by atoms with Crippen LogP contribution in [0.15, 0.2) is 54.6 Å². The Morgan fingerprint density at radius 2 is 1.18 bits per heavy atom. The first-order chi connectivity index (χ1) is 8.36. The van der Waals surface area contributed by atoms with Crippen molar-refractivity contribution in [3.8, 4) is 11.1 Å². The van der Waals surface area contributed by atoms with E-state index in [9.17, 15) is 0 Å². The number of nitrogens with two attached hydrogens (primary N) is 1. The second-order valence-electron chi connectivity index (χ2n) is 2.99. The summed E-state index contributed by atoms with van der Waals surface area (Å²) in [6.45, 7) is 8.00. The van der Waals surface area contributed by atoms with Crippen LogP contribution in [0.1, 0.15) is 27.7 Å². The summed E-state index contributed by atoms with van der Waals surface area (Å²) in [5, 5.41) is 0. The first-order valence-corrected chi connectivity index (χ1v) is 6.27. The van der Waals surface area contributed by atoms with E-state index in [1.807, 2.05) is 64.1 Å². The van der Waals surface area contributed by atoms with Gasteiger partial charge in [0.1, 0.15) is 0 Å². The molecule has 0 aromatic heterocycles. The van der Waals surface area contributed by atoms with E-state index in [0.29, 0.717) is 0 Å². The van der Waals surface area contributed by atoms with Crippen molar-refractivity contribution in [2.45, 2.75) is 27.7 Å². The molecule has 0 unspecified atom stereocenters. The Bertz CT molecular complexity index is 393. The number of hydrogen-bond donors (Lipinski definition) is 1. The van der Waals surface area contributed by atoms with E-state index < -0.39 is 0 Å². The minimum Gasteiger partial charge on any atom is -0.399 e. The highest BCUT2D eigenvalue weighted by molar-refractivity contribution is 5.66. The van der Waals surface area contributed by atoms with Gasteiger partial charge in [-0.05, 0) is 23.3 Å². The van der Waals surface area contributed by atoms with E-state index in [0.717, 1.165) is 5.69 Å². The topological polar surface area (TPSA) is 26.0 Å². The van der Waals surface area contributed by atoms with Crippen molar-refractivity contribution in [1.82, 2.24) is 0 Å². The maximum absolute atomic E-state index is 5.70. The molecule has 0 aliphatic rings. The molecule has 0 saturated carbocycles. The zero-order chi connectivity index (χ0) is 13.1. The zero-order valence-electron chi connectivity index (χ0n) is 11.3. The molecule has 92 valence electrons. The average molecular weight is 229 g/mol. The monoisotopic (exact) mass is 229 g/mol. The third-order valence-corrected chi connectivity index (χ3v) is 1.99. The summed E-state index contributed by atoms with van der Waals surface area (Å²) in [4.78, 5) is 0. The Kier molecular flexibility index (Phi) is 8.48. The van der Waals surface area contributed by atoms with Gasteiger partial charge in [-0.25, -0.2) is 0 Å². The van der Waals surface area contributed by atoms with Gasteiger partial charge in [-0.15, -0.1) is 0 Å². The fourth-order valence-electron chi connectivity index (χ4n) is 1.35. The van der Waals surface area contributed by atoms with Crippen molar-refractivity contribution >= 4 is 5.69 Å². The molecule has 0 aliphatic heterocycles. The molecule has 0 atom stereocenters. The van der Waals surface area contributed by atoms with Crippen LogP contribution in [-0.4, -0.2) is 0 Å². The third-order valence-electron chi connectivity index (χ3n) is 1.99. The Labute approximate surface area is 105 Å². The lowest BCUT2D eigenvalue weighted by Crippen LogP contribution is -1.84. The van der Waals surface area contributed by atoms with Gasteiger partial charge in [-0.3, -0.25) is 0 Å². The number of benzene rings is 2. The molecule has 0 amide bonds. The first kappa shape index (κ1) is 15.2. The van der Waals surface area contributed by atoms with Crippen LogP contribution in [0.2, 0.25) is 0 Å². The van der Waals surface area contributed by atoms with Crippen molar-refractivity contribution < 1.29 is 0 Å². The van der Waals surface area contributed by atoms with Crippen molar-refractivity contribution in [2.24, 2.45) is 0 Å². The van der Waals surface area contributed by atoms with E-state index in [4.69, 9.17) is 5.73 Å². The SMILES string of the molecule is CC.CC.Nc1cccc(-c2ccccc2)c1. The predicted octanol–water partition coefficient (Wildman–Crippen LogP) is 4.99. The summed E-state index contributed by atoms with van der Waals surface area (Å²) in [5.74, 6) is 0. The summed E-state index contributed by atoms with van der Waals surface area (Å²) in [6, 6.07) is 18.1. The van der Waals surface area contributed by atoms with Crippen LogP contribution in [0, 0.1) is 0 Å². The molecule has 2 N–H and O–H groups in total. The Morgan fingerprint density at radius 1 is 0.647 bits per heavy atom. The molecule has 2 rings (SSSR count). The summed E-state index contributed by atoms with van der Waals surface area (Å²) >= 11 is 0. The molecule has 0 heterocycles. The highest BCUT2D eigenvalue weighted by Gasteiger charge is 1.94. The molecule has 0 saturated heterocycles. The van der Waals surface area contributed by atoms with Crippen LogP contribution >= 0.6 is 0 Å². The second kappa shape index (κ2) is 9.46.